The van der Waals surface area contributed by atoms with Crippen molar-refractivity contribution < 1.29 is 54.3 Å². The molecule has 4 rings (SSSR count). The fourth-order valence-electron chi connectivity index (χ4n) is 3.54. The Morgan fingerprint density at radius 2 is 1.34 bits per heavy atom. The van der Waals surface area contributed by atoms with E-state index in [-0.39, 0.29) is 18.8 Å². The van der Waals surface area contributed by atoms with Crippen LogP contribution in [0.15, 0.2) is 102 Å². The summed E-state index contributed by atoms with van der Waals surface area (Å²) in [6, 6.07) is 23.3. The predicted molar refractivity (Wildman–Crippen MR) is 137 cm³/mol. The quantitative estimate of drug-likeness (QED) is 0.139. The summed E-state index contributed by atoms with van der Waals surface area (Å²) in [5.74, 6) is -5.21. The van der Waals surface area contributed by atoms with Crippen LogP contribution in [0.25, 0.3) is 5.57 Å². The second-order valence-electron chi connectivity index (χ2n) is 8.30. The number of carbonyl (C=O) groups is 2. The van der Waals surface area contributed by atoms with E-state index in [2.05, 4.69) is 4.18 Å². The third-order valence-electron chi connectivity index (χ3n) is 5.50. The lowest BCUT2D eigenvalue weighted by Gasteiger charge is -2.14. The van der Waals surface area contributed by atoms with E-state index in [0.717, 1.165) is 12.7 Å². The molecule has 0 spiro atoms. The van der Waals surface area contributed by atoms with E-state index in [1.807, 2.05) is 30.3 Å². The van der Waals surface area contributed by atoms with Gasteiger partial charge in [-0.25, -0.2) is 9.59 Å². The van der Waals surface area contributed by atoms with Gasteiger partial charge in [-0.05, 0) is 28.8 Å². The summed E-state index contributed by atoms with van der Waals surface area (Å²) < 4.78 is 88.0. The Balaban J connectivity index is 1.75. The summed E-state index contributed by atoms with van der Waals surface area (Å²) in [6.07, 6.45) is 0. The number of ether oxygens (including phenoxy) is 4. The van der Waals surface area contributed by atoms with E-state index in [1.165, 1.54) is 24.3 Å². The summed E-state index contributed by atoms with van der Waals surface area (Å²) >= 11 is 0. The van der Waals surface area contributed by atoms with E-state index >= 15 is 0 Å². The molecule has 1 heterocycles. The molecule has 0 bridgehead atoms. The summed E-state index contributed by atoms with van der Waals surface area (Å²) in [4.78, 5) is 25.5. The van der Waals surface area contributed by atoms with Crippen LogP contribution < -0.4 is 4.74 Å². The van der Waals surface area contributed by atoms with Crippen LogP contribution in [0.1, 0.15) is 16.7 Å². The van der Waals surface area contributed by atoms with Gasteiger partial charge in [0, 0.05) is 0 Å². The number of esters is 2. The zero-order valence-electron chi connectivity index (χ0n) is 21.2. The van der Waals surface area contributed by atoms with Gasteiger partial charge in [-0.1, -0.05) is 72.8 Å². The van der Waals surface area contributed by atoms with Crippen molar-refractivity contribution in [2.24, 2.45) is 0 Å². The third kappa shape index (κ3) is 6.87. The van der Waals surface area contributed by atoms with E-state index in [1.54, 1.807) is 30.3 Å². The Hall–Kier alpha value is -4.78. The summed E-state index contributed by atoms with van der Waals surface area (Å²) in [5.41, 5.74) is -4.82. The predicted octanol–water partition coefficient (Wildman–Crippen LogP) is 5.00. The number of carbonyl (C=O) groups excluding carboxylic acids is 2. The molecular formula is C28H21F3O9S. The number of alkyl halides is 3. The molecule has 0 saturated carbocycles. The zero-order chi connectivity index (χ0) is 29.6. The molecule has 1 aliphatic heterocycles. The normalized spacial score (nSPS) is 14.8. The van der Waals surface area contributed by atoms with E-state index in [4.69, 9.17) is 18.9 Å². The molecule has 9 nitrogen and oxygen atoms in total. The van der Waals surface area contributed by atoms with Crippen molar-refractivity contribution in [3.8, 4) is 5.75 Å². The van der Waals surface area contributed by atoms with Crippen LogP contribution >= 0.6 is 0 Å². The number of hydrogen-bond donors (Lipinski definition) is 0. The lowest BCUT2D eigenvalue weighted by atomic mass is 10.0. The van der Waals surface area contributed by atoms with Crippen LogP contribution in [0.2, 0.25) is 0 Å². The van der Waals surface area contributed by atoms with Crippen LogP contribution in [0.3, 0.4) is 0 Å². The molecule has 3 aromatic rings. The van der Waals surface area contributed by atoms with Crippen LogP contribution in [-0.2, 0) is 51.3 Å². The van der Waals surface area contributed by atoms with Crippen LogP contribution in [-0.4, -0.2) is 33.0 Å². The third-order valence-corrected chi connectivity index (χ3v) is 6.46. The topological polar surface area (TPSA) is 114 Å². The fraction of sp³-hybridized carbons (Fsp3) is 0.143. The van der Waals surface area contributed by atoms with Crippen molar-refractivity contribution in [2.45, 2.75) is 18.7 Å². The highest BCUT2D eigenvalue weighted by Crippen LogP contribution is 2.38. The van der Waals surface area contributed by atoms with Crippen molar-refractivity contribution in [3.63, 3.8) is 0 Å². The second kappa shape index (κ2) is 12.2. The summed E-state index contributed by atoms with van der Waals surface area (Å²) in [7, 11) is -5.27. The molecule has 0 saturated heterocycles. The largest absolute Gasteiger partial charge is 0.534 e. The molecule has 0 fully saturated rings. The van der Waals surface area contributed by atoms with Gasteiger partial charge < -0.3 is 23.1 Å². The highest BCUT2D eigenvalue weighted by molar-refractivity contribution is 7.87. The van der Waals surface area contributed by atoms with Crippen LogP contribution in [0.5, 0.6) is 5.75 Å². The van der Waals surface area contributed by atoms with E-state index in [9.17, 15) is 31.2 Å². The molecule has 41 heavy (non-hydrogen) atoms. The number of methoxy groups -OCH3 is 1. The number of cyclic esters (lactones) is 1. The monoisotopic (exact) mass is 590 g/mol. The summed E-state index contributed by atoms with van der Waals surface area (Å²) in [6.45, 7) is -0.104. The zero-order valence-corrected chi connectivity index (χ0v) is 22.0. The minimum absolute atomic E-state index is 0.0902. The number of hydrogen-bond acceptors (Lipinski definition) is 9. The van der Waals surface area contributed by atoms with Gasteiger partial charge in [-0.3, -0.25) is 0 Å². The average molecular weight is 591 g/mol. The number of rotatable bonds is 10. The molecule has 0 atom stereocenters. The first-order valence-electron chi connectivity index (χ1n) is 11.7. The van der Waals surface area contributed by atoms with Crippen LogP contribution in [0, 0.1) is 0 Å². The standard InChI is InChI=1S/C28H21F3O9S/c1-36-26(32)22(20-12-14-21(15-13-20)37-16-18-8-4-2-5-9-18)23-24(38-17-19-10-6-3-7-11-19)25(27(33)39-23)40-41(34,35)28(29,30)31/h2-15H,16-17H2,1H3/b23-22+. The Labute approximate surface area is 232 Å². The van der Waals surface area contributed by atoms with E-state index in [0.29, 0.717) is 11.3 Å². The van der Waals surface area contributed by atoms with Crippen molar-refractivity contribution in [1.82, 2.24) is 0 Å². The molecule has 13 heteroatoms. The minimum atomic E-state index is -6.30. The maximum atomic E-state index is 13.1. The van der Waals surface area contributed by atoms with Crippen molar-refractivity contribution in [1.29, 1.82) is 0 Å². The maximum absolute atomic E-state index is 13.1. The molecule has 0 aliphatic carbocycles. The first kappa shape index (κ1) is 29.2. The first-order chi connectivity index (χ1) is 19.5. The highest BCUT2D eigenvalue weighted by Gasteiger charge is 2.52. The Morgan fingerprint density at radius 3 is 1.85 bits per heavy atom. The first-order valence-corrected chi connectivity index (χ1v) is 13.1. The molecule has 1 aliphatic rings. The highest BCUT2D eigenvalue weighted by atomic mass is 32.2. The second-order valence-corrected chi connectivity index (χ2v) is 9.84. The van der Waals surface area contributed by atoms with E-state index < -0.39 is 50.4 Å². The van der Waals surface area contributed by atoms with Gasteiger partial charge in [0.25, 0.3) is 5.76 Å². The van der Waals surface area contributed by atoms with Crippen molar-refractivity contribution in [3.05, 3.63) is 119 Å². The number of halogens is 3. The van der Waals surface area contributed by atoms with Gasteiger partial charge in [0.2, 0.25) is 5.76 Å². The van der Waals surface area contributed by atoms with Gasteiger partial charge >= 0.3 is 27.6 Å². The average Bonchev–Trinajstić information content (AvgIpc) is 3.25. The van der Waals surface area contributed by atoms with Crippen LogP contribution in [0.4, 0.5) is 13.2 Å². The fourth-order valence-corrected chi connectivity index (χ4v) is 4.00. The molecule has 0 radical (unpaired) electrons. The minimum Gasteiger partial charge on any atom is -0.489 e. The molecular weight excluding hydrogens is 569 g/mol. The lowest BCUT2D eigenvalue weighted by Crippen LogP contribution is -2.26. The molecule has 0 N–H and O–H groups in total. The lowest BCUT2D eigenvalue weighted by molar-refractivity contribution is -0.135. The molecule has 0 aromatic heterocycles. The molecule has 214 valence electrons. The van der Waals surface area contributed by atoms with Gasteiger partial charge in [0.05, 0.1) is 7.11 Å². The van der Waals surface area contributed by atoms with Gasteiger partial charge in [-0.2, -0.15) is 21.6 Å². The maximum Gasteiger partial charge on any atom is 0.534 e. The smallest absolute Gasteiger partial charge is 0.489 e. The Morgan fingerprint density at radius 1 is 0.805 bits per heavy atom. The molecule has 0 unspecified atom stereocenters. The van der Waals surface area contributed by atoms with Crippen molar-refractivity contribution >= 4 is 27.6 Å². The number of benzene rings is 3. The van der Waals surface area contributed by atoms with Crippen molar-refractivity contribution in [2.75, 3.05) is 7.11 Å². The molecule has 0 amide bonds. The van der Waals surface area contributed by atoms with Gasteiger partial charge in [0.1, 0.15) is 24.5 Å². The Bertz CT molecular complexity index is 1580. The Kier molecular flexibility index (Phi) is 8.67. The van der Waals surface area contributed by atoms with Gasteiger partial charge in [0.15, 0.2) is 5.76 Å². The molecule has 3 aromatic carbocycles. The SMILES string of the molecule is COC(=O)/C(=C1/OC(=O)C(OS(=O)(=O)C(F)(F)F)=C1OCc1ccccc1)c1ccc(OCc2ccccc2)cc1. The van der Waals surface area contributed by atoms with Gasteiger partial charge in [-0.15, -0.1) is 0 Å². The summed E-state index contributed by atoms with van der Waals surface area (Å²) in [5, 5.41) is 0.